The van der Waals surface area contributed by atoms with E-state index in [4.69, 9.17) is 20.9 Å². The summed E-state index contributed by atoms with van der Waals surface area (Å²) in [5.74, 6) is -2.33. The first-order chi connectivity index (χ1) is 15.7. The SMILES string of the molecule is CCC(CC)O[C@@H]1C=C(C(=O)OCCc2ccccc2)C[C@H](N=C(N)N)[C@H]1NC(=O)C(F)F. The van der Waals surface area contributed by atoms with Gasteiger partial charge in [0.1, 0.15) is 0 Å². The van der Waals surface area contributed by atoms with Crippen molar-refractivity contribution in [2.75, 3.05) is 6.61 Å². The molecule has 1 aromatic rings. The third-order valence-electron chi connectivity index (χ3n) is 5.37. The molecule has 0 bridgehead atoms. The first-order valence-corrected chi connectivity index (χ1v) is 11.0. The molecule has 1 amide bonds. The Morgan fingerprint density at radius 1 is 1.18 bits per heavy atom. The van der Waals surface area contributed by atoms with Crippen LogP contribution in [0.15, 0.2) is 47.0 Å². The van der Waals surface area contributed by atoms with Crippen molar-refractivity contribution in [2.24, 2.45) is 16.5 Å². The fourth-order valence-corrected chi connectivity index (χ4v) is 3.64. The number of nitrogens with two attached hydrogens (primary N) is 2. The molecule has 0 spiro atoms. The smallest absolute Gasteiger partial charge is 0.333 e. The Labute approximate surface area is 192 Å². The highest BCUT2D eigenvalue weighted by Gasteiger charge is 2.39. The molecule has 0 heterocycles. The lowest BCUT2D eigenvalue weighted by Gasteiger charge is -2.36. The van der Waals surface area contributed by atoms with Crippen LogP contribution in [-0.2, 0) is 25.5 Å². The molecule has 5 N–H and O–H groups in total. The summed E-state index contributed by atoms with van der Waals surface area (Å²) >= 11 is 0. The maximum atomic E-state index is 13.0. The quantitative estimate of drug-likeness (QED) is 0.260. The van der Waals surface area contributed by atoms with Gasteiger partial charge >= 0.3 is 12.4 Å². The molecule has 3 atom stereocenters. The van der Waals surface area contributed by atoms with Gasteiger partial charge in [-0.3, -0.25) is 4.79 Å². The molecule has 1 aliphatic rings. The second-order valence-electron chi connectivity index (χ2n) is 7.76. The van der Waals surface area contributed by atoms with Crippen molar-refractivity contribution in [3.05, 3.63) is 47.5 Å². The molecule has 182 valence electrons. The Hall–Kier alpha value is -3.01. The van der Waals surface area contributed by atoms with E-state index in [2.05, 4.69) is 10.3 Å². The van der Waals surface area contributed by atoms with Gasteiger partial charge in [-0.05, 0) is 24.5 Å². The van der Waals surface area contributed by atoms with Gasteiger partial charge in [-0.1, -0.05) is 44.2 Å². The zero-order valence-corrected chi connectivity index (χ0v) is 18.9. The molecule has 0 aromatic heterocycles. The highest BCUT2D eigenvalue weighted by Crippen LogP contribution is 2.27. The number of amides is 1. The first kappa shape index (κ1) is 26.2. The third kappa shape index (κ3) is 8.12. The van der Waals surface area contributed by atoms with E-state index in [0.717, 1.165) is 5.56 Å². The van der Waals surface area contributed by atoms with E-state index in [1.165, 1.54) is 6.08 Å². The van der Waals surface area contributed by atoms with Crippen LogP contribution in [0.25, 0.3) is 0 Å². The molecule has 33 heavy (non-hydrogen) atoms. The molecule has 0 radical (unpaired) electrons. The summed E-state index contributed by atoms with van der Waals surface area (Å²) in [7, 11) is 0. The summed E-state index contributed by atoms with van der Waals surface area (Å²) in [4.78, 5) is 28.6. The number of halogens is 2. The van der Waals surface area contributed by atoms with Gasteiger partial charge in [0.05, 0.1) is 30.9 Å². The minimum atomic E-state index is -3.22. The Morgan fingerprint density at radius 2 is 1.85 bits per heavy atom. The Morgan fingerprint density at radius 3 is 2.42 bits per heavy atom. The van der Waals surface area contributed by atoms with Gasteiger partial charge < -0.3 is 26.3 Å². The second kappa shape index (κ2) is 12.9. The summed E-state index contributed by atoms with van der Waals surface area (Å²) in [6, 6.07) is 7.70. The number of hydrogen-bond donors (Lipinski definition) is 3. The van der Waals surface area contributed by atoms with Crippen molar-refractivity contribution in [3.63, 3.8) is 0 Å². The zero-order valence-electron chi connectivity index (χ0n) is 18.9. The number of carbonyl (C=O) groups is 2. The van der Waals surface area contributed by atoms with Crippen LogP contribution in [0.2, 0.25) is 0 Å². The van der Waals surface area contributed by atoms with Gasteiger partial charge in [0.15, 0.2) is 5.96 Å². The van der Waals surface area contributed by atoms with Crippen molar-refractivity contribution < 1.29 is 27.8 Å². The molecule has 0 fully saturated rings. The number of esters is 1. The van der Waals surface area contributed by atoms with Crippen LogP contribution in [0, 0.1) is 0 Å². The van der Waals surface area contributed by atoms with Gasteiger partial charge in [-0.25, -0.2) is 9.79 Å². The van der Waals surface area contributed by atoms with Crippen LogP contribution in [0.4, 0.5) is 8.78 Å². The largest absolute Gasteiger partial charge is 0.462 e. The summed E-state index contributed by atoms with van der Waals surface area (Å²) in [5, 5.41) is 2.27. The average molecular weight is 467 g/mol. The molecule has 10 heteroatoms. The number of alkyl halides is 2. The molecule has 0 unspecified atom stereocenters. The molecule has 1 aliphatic carbocycles. The van der Waals surface area contributed by atoms with Gasteiger partial charge in [-0.15, -0.1) is 0 Å². The van der Waals surface area contributed by atoms with Gasteiger partial charge in [-0.2, -0.15) is 8.78 Å². The van der Waals surface area contributed by atoms with Gasteiger partial charge in [0.2, 0.25) is 0 Å². The van der Waals surface area contributed by atoms with Crippen LogP contribution in [0.1, 0.15) is 38.7 Å². The number of hydrogen-bond acceptors (Lipinski definition) is 5. The van der Waals surface area contributed by atoms with E-state index in [1.807, 2.05) is 44.2 Å². The van der Waals surface area contributed by atoms with Crippen molar-refractivity contribution in [3.8, 4) is 0 Å². The van der Waals surface area contributed by atoms with E-state index in [9.17, 15) is 18.4 Å². The monoisotopic (exact) mass is 466 g/mol. The third-order valence-corrected chi connectivity index (χ3v) is 5.37. The minimum absolute atomic E-state index is 0.000961. The van der Waals surface area contributed by atoms with Crippen LogP contribution < -0.4 is 16.8 Å². The Kier molecular flexibility index (Phi) is 10.2. The lowest BCUT2D eigenvalue weighted by molar-refractivity contribution is -0.139. The van der Waals surface area contributed by atoms with Crippen LogP contribution >= 0.6 is 0 Å². The average Bonchev–Trinajstić information content (AvgIpc) is 2.79. The molecular weight excluding hydrogens is 434 g/mol. The van der Waals surface area contributed by atoms with Crippen molar-refractivity contribution >= 4 is 17.8 Å². The number of aliphatic imine (C=N–C) groups is 1. The lowest BCUT2D eigenvalue weighted by atomic mass is 9.87. The number of nitrogens with one attached hydrogen (secondary N) is 1. The highest BCUT2D eigenvalue weighted by atomic mass is 19.3. The van der Waals surface area contributed by atoms with Crippen molar-refractivity contribution in [1.82, 2.24) is 5.32 Å². The number of guanidine groups is 1. The summed E-state index contributed by atoms with van der Waals surface area (Å²) in [6.45, 7) is 4.00. The molecule has 0 aliphatic heterocycles. The van der Waals surface area contributed by atoms with Crippen molar-refractivity contribution in [1.29, 1.82) is 0 Å². The number of benzene rings is 1. The van der Waals surface area contributed by atoms with E-state index in [1.54, 1.807) is 0 Å². The maximum Gasteiger partial charge on any atom is 0.333 e. The molecule has 1 aromatic carbocycles. The number of carbonyl (C=O) groups excluding carboxylic acids is 2. The van der Waals surface area contributed by atoms with Crippen LogP contribution in [0.3, 0.4) is 0 Å². The normalized spacial score (nSPS) is 20.3. The number of ether oxygens (including phenoxy) is 2. The fourth-order valence-electron chi connectivity index (χ4n) is 3.64. The Balaban J connectivity index is 2.24. The summed E-state index contributed by atoms with van der Waals surface area (Å²) < 4.78 is 37.4. The topological polar surface area (TPSA) is 129 Å². The Bertz CT molecular complexity index is 840. The lowest BCUT2D eigenvalue weighted by Crippen LogP contribution is -2.55. The van der Waals surface area contributed by atoms with Crippen LogP contribution in [-0.4, -0.2) is 55.2 Å². The van der Waals surface area contributed by atoms with Crippen LogP contribution in [0.5, 0.6) is 0 Å². The molecular formula is C23H32F2N4O4. The fraction of sp³-hybridized carbons (Fsp3) is 0.522. The highest BCUT2D eigenvalue weighted by molar-refractivity contribution is 5.89. The second-order valence-corrected chi connectivity index (χ2v) is 7.76. The van der Waals surface area contributed by atoms with Crippen molar-refractivity contribution in [2.45, 2.75) is 70.2 Å². The minimum Gasteiger partial charge on any atom is -0.462 e. The summed E-state index contributed by atoms with van der Waals surface area (Å²) in [5.41, 5.74) is 12.3. The standard InChI is InChI=1S/C23H32F2N4O4/c1-3-16(4-2)33-18-13-15(22(31)32-11-10-14-8-6-5-7-9-14)12-17(28-23(26)27)19(18)29-21(30)20(24)25/h5-9,13,16-20H,3-4,10-12H2,1-2H3,(H,29,30)(H4,26,27,28)/t17-,18+,19+/m0/s1. The van der Waals surface area contributed by atoms with E-state index in [0.29, 0.717) is 19.3 Å². The predicted molar refractivity (Wildman–Crippen MR) is 121 cm³/mol. The predicted octanol–water partition coefficient (Wildman–Crippen LogP) is 2.07. The number of rotatable bonds is 11. The zero-order chi connectivity index (χ0) is 24.4. The van der Waals surface area contributed by atoms with E-state index < -0.39 is 36.5 Å². The molecule has 2 rings (SSSR count). The van der Waals surface area contributed by atoms with Gasteiger partial charge in [0, 0.05) is 18.4 Å². The maximum absolute atomic E-state index is 13.0. The van der Waals surface area contributed by atoms with Gasteiger partial charge in [0.25, 0.3) is 5.91 Å². The first-order valence-electron chi connectivity index (χ1n) is 11.0. The van der Waals surface area contributed by atoms with E-state index in [-0.39, 0.29) is 30.7 Å². The summed E-state index contributed by atoms with van der Waals surface area (Å²) in [6.07, 6.45) is -0.969. The number of nitrogens with zero attached hydrogens (tertiary/aromatic N) is 1. The molecule has 0 saturated heterocycles. The molecule has 8 nitrogen and oxygen atoms in total. The molecule has 0 saturated carbocycles. The van der Waals surface area contributed by atoms with E-state index >= 15 is 0 Å².